The highest BCUT2D eigenvalue weighted by molar-refractivity contribution is 5.46. The van der Waals surface area contributed by atoms with Crippen LogP contribution < -0.4 is 10.2 Å². The number of rotatable bonds is 3. The van der Waals surface area contributed by atoms with E-state index in [9.17, 15) is 0 Å². The fraction of sp³-hybridized carbons (Fsp3) is 0.706. The molecule has 2 rings (SSSR count). The van der Waals surface area contributed by atoms with Gasteiger partial charge >= 0.3 is 0 Å². The lowest BCUT2D eigenvalue weighted by Crippen LogP contribution is -2.26. The Morgan fingerprint density at radius 1 is 1.30 bits per heavy atom. The fourth-order valence-corrected chi connectivity index (χ4v) is 3.16. The molecule has 3 nitrogen and oxygen atoms in total. The van der Waals surface area contributed by atoms with E-state index >= 15 is 0 Å². The van der Waals surface area contributed by atoms with Crippen molar-refractivity contribution in [3.05, 3.63) is 24.0 Å². The highest BCUT2D eigenvalue weighted by Crippen LogP contribution is 2.35. The van der Waals surface area contributed by atoms with Crippen LogP contribution in [0.15, 0.2) is 18.3 Å². The summed E-state index contributed by atoms with van der Waals surface area (Å²) in [5, 5.41) is 3.17. The summed E-state index contributed by atoms with van der Waals surface area (Å²) < 4.78 is 0. The van der Waals surface area contributed by atoms with Crippen LogP contribution in [0, 0.1) is 11.3 Å². The van der Waals surface area contributed by atoms with Gasteiger partial charge in [0.05, 0.1) is 5.69 Å². The molecule has 3 heteroatoms. The van der Waals surface area contributed by atoms with Crippen molar-refractivity contribution in [1.29, 1.82) is 0 Å². The van der Waals surface area contributed by atoms with Gasteiger partial charge in [0.1, 0.15) is 0 Å². The molecule has 1 aliphatic rings. The molecule has 0 radical (unpaired) electrons. The molecule has 1 aromatic rings. The van der Waals surface area contributed by atoms with Crippen LogP contribution in [0.3, 0.4) is 0 Å². The van der Waals surface area contributed by atoms with E-state index in [1.807, 2.05) is 13.2 Å². The second kappa shape index (κ2) is 6.57. The van der Waals surface area contributed by atoms with Crippen LogP contribution in [0.25, 0.3) is 0 Å². The molecule has 0 amide bonds. The average Bonchev–Trinajstić information content (AvgIpc) is 2.64. The summed E-state index contributed by atoms with van der Waals surface area (Å²) >= 11 is 0. The number of anilines is 1. The summed E-state index contributed by atoms with van der Waals surface area (Å²) in [7, 11) is 1.97. The number of hydrogen-bond donors (Lipinski definition) is 1. The maximum Gasteiger partial charge on any atom is 0.0562 e. The van der Waals surface area contributed by atoms with Crippen molar-refractivity contribution >= 4 is 5.69 Å². The Hall–Kier alpha value is -1.09. The van der Waals surface area contributed by atoms with E-state index in [-0.39, 0.29) is 0 Å². The van der Waals surface area contributed by atoms with Crippen molar-refractivity contribution in [2.24, 2.45) is 11.3 Å². The Morgan fingerprint density at radius 2 is 2.10 bits per heavy atom. The fourth-order valence-electron chi connectivity index (χ4n) is 3.16. The first-order chi connectivity index (χ1) is 9.50. The van der Waals surface area contributed by atoms with Crippen molar-refractivity contribution in [1.82, 2.24) is 10.3 Å². The van der Waals surface area contributed by atoms with Gasteiger partial charge < -0.3 is 10.2 Å². The largest absolute Gasteiger partial charge is 0.371 e. The lowest BCUT2D eigenvalue weighted by molar-refractivity contribution is 0.220. The van der Waals surface area contributed by atoms with E-state index in [2.05, 4.69) is 48.1 Å². The Kier molecular flexibility index (Phi) is 5.03. The first-order valence-corrected chi connectivity index (χ1v) is 7.85. The molecule has 1 fully saturated rings. The van der Waals surface area contributed by atoms with Crippen LogP contribution in [0.1, 0.15) is 45.7 Å². The smallest absolute Gasteiger partial charge is 0.0562 e. The van der Waals surface area contributed by atoms with Gasteiger partial charge in [-0.15, -0.1) is 0 Å². The number of hydrogen-bond acceptors (Lipinski definition) is 3. The van der Waals surface area contributed by atoms with Crippen molar-refractivity contribution in [2.75, 3.05) is 25.0 Å². The van der Waals surface area contributed by atoms with Crippen LogP contribution in [0.2, 0.25) is 0 Å². The minimum atomic E-state index is 0.436. The van der Waals surface area contributed by atoms with Gasteiger partial charge in [-0.05, 0) is 49.8 Å². The van der Waals surface area contributed by atoms with Crippen molar-refractivity contribution < 1.29 is 0 Å². The van der Waals surface area contributed by atoms with E-state index < -0.39 is 0 Å². The molecule has 0 bridgehead atoms. The molecular formula is C17H29N3. The van der Waals surface area contributed by atoms with Gasteiger partial charge in [-0.25, -0.2) is 0 Å². The minimum Gasteiger partial charge on any atom is -0.371 e. The third kappa shape index (κ3) is 3.95. The highest BCUT2D eigenvalue weighted by Gasteiger charge is 2.27. The monoisotopic (exact) mass is 275 g/mol. The molecule has 1 aliphatic heterocycles. The molecule has 1 atom stereocenters. The molecule has 20 heavy (non-hydrogen) atoms. The second-order valence-electron chi connectivity index (χ2n) is 7.02. The number of nitrogens with zero attached hydrogens (tertiary/aromatic N) is 2. The normalized spacial score (nSPS) is 20.8. The zero-order chi connectivity index (χ0) is 14.6. The number of pyridine rings is 1. The summed E-state index contributed by atoms with van der Waals surface area (Å²) in [4.78, 5) is 6.95. The van der Waals surface area contributed by atoms with Gasteiger partial charge in [0.15, 0.2) is 0 Å². The zero-order valence-corrected chi connectivity index (χ0v) is 13.4. The Bertz CT molecular complexity index is 422. The molecule has 2 heterocycles. The van der Waals surface area contributed by atoms with Gasteiger partial charge in [0, 0.05) is 31.5 Å². The van der Waals surface area contributed by atoms with E-state index in [0.717, 1.165) is 18.2 Å². The number of aromatic nitrogens is 1. The maximum absolute atomic E-state index is 4.41. The van der Waals surface area contributed by atoms with Gasteiger partial charge in [-0.3, -0.25) is 4.98 Å². The third-order valence-corrected chi connectivity index (χ3v) is 4.48. The molecular weight excluding hydrogens is 246 g/mol. The number of nitrogens with one attached hydrogen (secondary N) is 1. The van der Waals surface area contributed by atoms with Crippen molar-refractivity contribution in [2.45, 2.75) is 46.6 Å². The van der Waals surface area contributed by atoms with Crippen molar-refractivity contribution in [3.8, 4) is 0 Å². The van der Waals surface area contributed by atoms with Gasteiger partial charge in [-0.1, -0.05) is 20.8 Å². The molecule has 1 saturated heterocycles. The summed E-state index contributed by atoms with van der Waals surface area (Å²) in [6, 6.07) is 4.38. The summed E-state index contributed by atoms with van der Waals surface area (Å²) in [6.45, 7) is 10.3. The minimum absolute atomic E-state index is 0.436. The standard InChI is InChI=1S/C17H29N3/c1-17(2,3)14-6-5-10-20(11-8-14)16-7-9-19-15(12-16)13-18-4/h7,9,12,14,18H,5-6,8,10-11,13H2,1-4H3. The van der Waals surface area contributed by atoms with Crippen LogP contribution >= 0.6 is 0 Å². The predicted octanol–water partition coefficient (Wildman–Crippen LogP) is 3.45. The highest BCUT2D eigenvalue weighted by atomic mass is 15.1. The van der Waals surface area contributed by atoms with E-state index in [0.29, 0.717) is 5.41 Å². The lowest BCUT2D eigenvalue weighted by Gasteiger charge is -2.30. The molecule has 1 aromatic heterocycles. The molecule has 1 N–H and O–H groups in total. The van der Waals surface area contributed by atoms with Crippen LogP contribution in [0.4, 0.5) is 5.69 Å². The molecule has 0 spiro atoms. The van der Waals surface area contributed by atoms with Gasteiger partial charge in [0.2, 0.25) is 0 Å². The second-order valence-corrected chi connectivity index (χ2v) is 7.02. The van der Waals surface area contributed by atoms with Gasteiger partial charge in [-0.2, -0.15) is 0 Å². The molecule has 0 aromatic carbocycles. The maximum atomic E-state index is 4.41. The quantitative estimate of drug-likeness (QED) is 0.915. The zero-order valence-electron chi connectivity index (χ0n) is 13.4. The molecule has 0 saturated carbocycles. The summed E-state index contributed by atoms with van der Waals surface area (Å²) in [5.74, 6) is 0.839. The first kappa shape index (κ1) is 15.3. The Morgan fingerprint density at radius 3 is 2.80 bits per heavy atom. The van der Waals surface area contributed by atoms with Gasteiger partial charge in [0.25, 0.3) is 0 Å². The van der Waals surface area contributed by atoms with Crippen LogP contribution in [0.5, 0.6) is 0 Å². The average molecular weight is 275 g/mol. The summed E-state index contributed by atoms with van der Waals surface area (Å²) in [6.07, 6.45) is 5.89. The van der Waals surface area contributed by atoms with Crippen LogP contribution in [-0.2, 0) is 6.54 Å². The van der Waals surface area contributed by atoms with E-state index in [4.69, 9.17) is 0 Å². The molecule has 0 aliphatic carbocycles. The molecule has 112 valence electrons. The van der Waals surface area contributed by atoms with Crippen molar-refractivity contribution in [3.63, 3.8) is 0 Å². The van der Waals surface area contributed by atoms with Crippen LogP contribution in [-0.4, -0.2) is 25.1 Å². The first-order valence-electron chi connectivity index (χ1n) is 7.85. The topological polar surface area (TPSA) is 28.2 Å². The molecule has 1 unspecified atom stereocenters. The lowest BCUT2D eigenvalue weighted by atomic mass is 9.77. The van der Waals surface area contributed by atoms with E-state index in [1.54, 1.807) is 0 Å². The van der Waals surface area contributed by atoms with E-state index in [1.165, 1.54) is 38.0 Å². The summed E-state index contributed by atoms with van der Waals surface area (Å²) in [5.41, 5.74) is 2.90. The Labute approximate surface area is 123 Å². The Balaban J connectivity index is 2.05. The SMILES string of the molecule is CNCc1cc(N2CCCC(C(C)(C)C)CC2)ccn1. The predicted molar refractivity (Wildman–Crippen MR) is 86.0 cm³/mol. The third-order valence-electron chi connectivity index (χ3n) is 4.48.